The molecule has 2 amide bonds. The molecule has 2 aromatic carbocycles. The average Bonchev–Trinajstić information content (AvgIpc) is 3.09. The number of H-pyrrole nitrogens is 1. The lowest BCUT2D eigenvalue weighted by Gasteiger charge is -2.40. The van der Waals surface area contributed by atoms with Crippen LogP contribution in [-0.2, 0) is 22.6 Å². The Kier molecular flexibility index (Phi) is 12.0. The molecule has 1 unspecified atom stereocenters. The summed E-state index contributed by atoms with van der Waals surface area (Å²) in [5, 5.41) is 3.71. The standard InChI is InChI=1S/C39H50ClN5O4/c1-7-37(46)44-16-13-31(14-17-44)45(8-2)36-21-30(28-11-12-29(35(40)20-28)23-43-15-9-10-32(24-43)49-6)19-33(27(36)5)38(47)41-22-34-25(3)18-26(4)42-39(34)48/h7,11-12,18-21,31-32H,1,8-10,13-17,22-24H2,2-6H3,(H,41,47)(H,42,48). The fraction of sp³-hybridized carbons (Fsp3) is 0.462. The zero-order chi connectivity index (χ0) is 35.2. The van der Waals surface area contributed by atoms with Crippen LogP contribution >= 0.6 is 11.6 Å². The summed E-state index contributed by atoms with van der Waals surface area (Å²) in [7, 11) is 1.77. The van der Waals surface area contributed by atoms with Crippen LogP contribution in [0.25, 0.3) is 11.1 Å². The Hall–Kier alpha value is -3.92. The molecule has 2 aliphatic heterocycles. The van der Waals surface area contributed by atoms with E-state index in [1.165, 1.54) is 6.08 Å². The Morgan fingerprint density at radius 2 is 1.84 bits per heavy atom. The molecule has 49 heavy (non-hydrogen) atoms. The number of nitrogens with one attached hydrogen (secondary N) is 2. The van der Waals surface area contributed by atoms with Crippen molar-refractivity contribution >= 4 is 29.1 Å². The molecule has 3 aromatic rings. The number of pyridine rings is 1. The highest BCUT2D eigenvalue weighted by atomic mass is 35.5. The van der Waals surface area contributed by atoms with Crippen molar-refractivity contribution in [2.24, 2.45) is 0 Å². The second kappa shape index (κ2) is 16.2. The van der Waals surface area contributed by atoms with E-state index in [1.807, 2.05) is 43.9 Å². The number of carbonyl (C=O) groups is 2. The molecule has 1 aromatic heterocycles. The number of aryl methyl sites for hydroxylation is 2. The summed E-state index contributed by atoms with van der Waals surface area (Å²) in [6.45, 7) is 16.3. The second-order valence-corrected chi connectivity index (χ2v) is 13.8. The van der Waals surface area contributed by atoms with E-state index < -0.39 is 0 Å². The van der Waals surface area contributed by atoms with Gasteiger partial charge in [-0.05, 0) is 118 Å². The topological polar surface area (TPSA) is 98.0 Å². The third kappa shape index (κ3) is 8.46. The van der Waals surface area contributed by atoms with Crippen molar-refractivity contribution < 1.29 is 14.3 Å². The van der Waals surface area contributed by atoms with Crippen molar-refractivity contribution in [1.82, 2.24) is 20.1 Å². The molecule has 1 atom stereocenters. The Labute approximate surface area is 295 Å². The summed E-state index contributed by atoms with van der Waals surface area (Å²) in [4.78, 5) is 48.4. The molecule has 262 valence electrons. The average molecular weight is 688 g/mol. The van der Waals surface area contributed by atoms with E-state index >= 15 is 0 Å². The number of aromatic amines is 1. The highest BCUT2D eigenvalue weighted by molar-refractivity contribution is 6.31. The van der Waals surface area contributed by atoms with Gasteiger partial charge >= 0.3 is 0 Å². The quantitative estimate of drug-likeness (QED) is 0.234. The van der Waals surface area contributed by atoms with Crippen LogP contribution in [-0.4, -0.2) is 78.6 Å². The Morgan fingerprint density at radius 1 is 1.08 bits per heavy atom. The van der Waals surface area contributed by atoms with Gasteiger partial charge in [0, 0.05) is 80.0 Å². The molecule has 0 saturated carbocycles. The number of halogens is 1. The van der Waals surface area contributed by atoms with Crippen molar-refractivity contribution in [3.63, 3.8) is 0 Å². The predicted octanol–water partition coefficient (Wildman–Crippen LogP) is 6.16. The van der Waals surface area contributed by atoms with E-state index in [1.54, 1.807) is 7.11 Å². The van der Waals surface area contributed by atoms with E-state index in [2.05, 4.69) is 51.8 Å². The number of piperidine rings is 2. The van der Waals surface area contributed by atoms with Gasteiger partial charge in [-0.3, -0.25) is 19.3 Å². The number of aromatic nitrogens is 1. The van der Waals surface area contributed by atoms with Crippen molar-refractivity contribution in [1.29, 1.82) is 0 Å². The van der Waals surface area contributed by atoms with E-state index in [0.717, 1.165) is 91.1 Å². The van der Waals surface area contributed by atoms with Gasteiger partial charge in [-0.25, -0.2) is 0 Å². The van der Waals surface area contributed by atoms with Crippen LogP contribution in [0.5, 0.6) is 0 Å². The first-order valence-electron chi connectivity index (χ1n) is 17.4. The number of hydrogen-bond donors (Lipinski definition) is 2. The Balaban J connectivity index is 1.48. The maximum absolute atomic E-state index is 14.0. The molecule has 0 bridgehead atoms. The highest BCUT2D eigenvalue weighted by Gasteiger charge is 2.28. The number of benzene rings is 2. The summed E-state index contributed by atoms with van der Waals surface area (Å²) in [5.41, 5.74) is 7.21. The smallest absolute Gasteiger partial charge is 0.253 e. The SMILES string of the molecule is C=CC(=O)N1CCC(N(CC)c2cc(-c3ccc(CN4CCCC(OC)C4)c(Cl)c3)cc(C(=O)NCc3c(C)cc(C)[nH]c3=O)c2C)CC1. The van der Waals surface area contributed by atoms with Crippen molar-refractivity contribution in [3.05, 3.63) is 97.9 Å². The second-order valence-electron chi connectivity index (χ2n) is 13.4. The third-order valence-corrected chi connectivity index (χ3v) is 10.5. The van der Waals surface area contributed by atoms with Gasteiger partial charge in [0.05, 0.1) is 6.10 Å². The molecule has 10 heteroatoms. The van der Waals surface area contributed by atoms with Crippen LogP contribution in [0.4, 0.5) is 5.69 Å². The van der Waals surface area contributed by atoms with Gasteiger partial charge in [-0.1, -0.05) is 30.3 Å². The minimum absolute atomic E-state index is 0.0413. The fourth-order valence-electron chi connectivity index (χ4n) is 7.36. The zero-order valence-electron chi connectivity index (χ0n) is 29.5. The first kappa shape index (κ1) is 36.4. The third-order valence-electron chi connectivity index (χ3n) is 10.2. The fourth-order valence-corrected chi connectivity index (χ4v) is 7.60. The van der Waals surface area contributed by atoms with Gasteiger partial charge in [0.25, 0.3) is 11.5 Å². The summed E-state index contributed by atoms with van der Waals surface area (Å²) in [5.74, 6) is -0.289. The minimum Gasteiger partial charge on any atom is -0.380 e. The minimum atomic E-state index is -0.247. The lowest BCUT2D eigenvalue weighted by atomic mass is 9.94. The maximum atomic E-state index is 14.0. The molecule has 0 spiro atoms. The number of carbonyl (C=O) groups excluding carboxylic acids is 2. The van der Waals surface area contributed by atoms with Crippen LogP contribution in [0.1, 0.15) is 70.9 Å². The molecule has 2 N–H and O–H groups in total. The highest BCUT2D eigenvalue weighted by Crippen LogP contribution is 2.36. The van der Waals surface area contributed by atoms with E-state index in [4.69, 9.17) is 16.3 Å². The van der Waals surface area contributed by atoms with Crippen molar-refractivity contribution in [2.45, 2.75) is 78.6 Å². The number of likely N-dealkylation sites (tertiary alicyclic amines) is 2. The number of amides is 2. The van der Waals surface area contributed by atoms with E-state index in [9.17, 15) is 14.4 Å². The largest absolute Gasteiger partial charge is 0.380 e. The van der Waals surface area contributed by atoms with E-state index in [-0.39, 0.29) is 36.1 Å². The number of rotatable bonds is 11. The van der Waals surface area contributed by atoms with Gasteiger partial charge in [0.15, 0.2) is 0 Å². The molecular weight excluding hydrogens is 638 g/mol. The first-order chi connectivity index (χ1) is 23.5. The van der Waals surface area contributed by atoms with Crippen LogP contribution in [0.2, 0.25) is 5.02 Å². The Morgan fingerprint density at radius 3 is 2.49 bits per heavy atom. The number of hydrogen-bond acceptors (Lipinski definition) is 6. The monoisotopic (exact) mass is 687 g/mol. The predicted molar refractivity (Wildman–Crippen MR) is 197 cm³/mol. The van der Waals surface area contributed by atoms with Gasteiger partial charge in [0.1, 0.15) is 0 Å². The summed E-state index contributed by atoms with van der Waals surface area (Å²) in [6, 6.07) is 12.4. The van der Waals surface area contributed by atoms with Gasteiger partial charge in [0.2, 0.25) is 5.91 Å². The molecule has 5 rings (SSSR count). The zero-order valence-corrected chi connectivity index (χ0v) is 30.3. The van der Waals surface area contributed by atoms with Crippen LogP contribution in [0, 0.1) is 20.8 Å². The van der Waals surface area contributed by atoms with Gasteiger partial charge in [-0.15, -0.1) is 0 Å². The molecule has 0 radical (unpaired) electrons. The van der Waals surface area contributed by atoms with Crippen molar-refractivity contribution in [3.8, 4) is 11.1 Å². The molecular formula is C39H50ClN5O4. The summed E-state index contributed by atoms with van der Waals surface area (Å²) >= 11 is 6.94. The lowest BCUT2D eigenvalue weighted by Crippen LogP contribution is -2.46. The lowest BCUT2D eigenvalue weighted by molar-refractivity contribution is -0.127. The summed E-state index contributed by atoms with van der Waals surface area (Å²) < 4.78 is 5.62. The van der Waals surface area contributed by atoms with Crippen molar-refractivity contribution in [2.75, 3.05) is 44.7 Å². The van der Waals surface area contributed by atoms with Crippen LogP contribution < -0.4 is 15.8 Å². The molecule has 2 aliphatic rings. The molecule has 9 nitrogen and oxygen atoms in total. The van der Waals surface area contributed by atoms with E-state index in [0.29, 0.717) is 29.2 Å². The molecule has 2 saturated heterocycles. The Bertz CT molecular complexity index is 1750. The number of anilines is 1. The molecule has 2 fully saturated rings. The van der Waals surface area contributed by atoms with Crippen LogP contribution in [0.15, 0.2) is 53.8 Å². The van der Waals surface area contributed by atoms with Gasteiger partial charge < -0.3 is 24.8 Å². The number of nitrogens with zero attached hydrogens (tertiary/aromatic N) is 3. The molecule has 0 aliphatic carbocycles. The molecule has 3 heterocycles. The van der Waals surface area contributed by atoms with Gasteiger partial charge in [-0.2, -0.15) is 0 Å². The summed E-state index contributed by atoms with van der Waals surface area (Å²) in [6.07, 6.45) is 5.42. The van der Waals surface area contributed by atoms with Crippen LogP contribution in [0.3, 0.4) is 0 Å². The normalized spacial score (nSPS) is 17.2. The maximum Gasteiger partial charge on any atom is 0.253 e. The number of methoxy groups -OCH3 is 1. The first-order valence-corrected chi connectivity index (χ1v) is 17.7. The number of ether oxygens (including phenoxy) is 1.